The van der Waals surface area contributed by atoms with Crippen LogP contribution in [0, 0.1) is 11.3 Å². The van der Waals surface area contributed by atoms with E-state index in [1.807, 2.05) is 17.9 Å². The molecule has 2 unspecified atom stereocenters. The number of hydrogen-bond acceptors (Lipinski definition) is 2. The number of nitrogens with one attached hydrogen (secondary N) is 1. The van der Waals surface area contributed by atoms with Crippen molar-refractivity contribution in [3.8, 4) is 0 Å². The van der Waals surface area contributed by atoms with Gasteiger partial charge in [0, 0.05) is 24.8 Å². The minimum atomic E-state index is 0.446. The van der Waals surface area contributed by atoms with Gasteiger partial charge in [-0.2, -0.15) is 5.10 Å². The summed E-state index contributed by atoms with van der Waals surface area (Å²) < 4.78 is 1.91. The molecule has 0 aromatic carbocycles. The molecule has 0 amide bonds. The van der Waals surface area contributed by atoms with Crippen LogP contribution in [-0.2, 0) is 7.05 Å². The largest absolute Gasteiger partial charge is 0.310 e. The highest BCUT2D eigenvalue weighted by molar-refractivity contribution is 5.14. The molecule has 18 heavy (non-hydrogen) atoms. The zero-order valence-electron chi connectivity index (χ0n) is 12.2. The lowest BCUT2D eigenvalue weighted by atomic mass is 9.76. The molecule has 1 aliphatic carbocycles. The van der Waals surface area contributed by atoms with Crippen molar-refractivity contribution in [3.63, 3.8) is 0 Å². The Morgan fingerprint density at radius 3 is 2.83 bits per heavy atom. The second-order valence-corrected chi connectivity index (χ2v) is 6.37. The Balaban J connectivity index is 2.19. The molecule has 0 saturated heterocycles. The molecule has 3 nitrogen and oxygen atoms in total. The lowest BCUT2D eigenvalue weighted by Crippen LogP contribution is -2.34. The molecular formula is C15H27N3. The Labute approximate surface area is 111 Å². The van der Waals surface area contributed by atoms with Crippen LogP contribution in [0.3, 0.4) is 0 Å². The summed E-state index contributed by atoms with van der Waals surface area (Å²) in [6.07, 6.45) is 9.43. The van der Waals surface area contributed by atoms with E-state index in [0.29, 0.717) is 11.5 Å². The number of nitrogens with zero attached hydrogens (tertiary/aromatic N) is 2. The minimum Gasteiger partial charge on any atom is -0.310 e. The lowest BCUT2D eigenvalue weighted by Gasteiger charge is -2.34. The normalized spacial score (nSPS) is 24.3. The zero-order valence-corrected chi connectivity index (χ0v) is 12.2. The minimum absolute atomic E-state index is 0.446. The van der Waals surface area contributed by atoms with Crippen molar-refractivity contribution in [3.05, 3.63) is 18.0 Å². The summed E-state index contributed by atoms with van der Waals surface area (Å²) in [5.74, 6) is 0.730. The summed E-state index contributed by atoms with van der Waals surface area (Å²) in [4.78, 5) is 0. The molecule has 102 valence electrons. The van der Waals surface area contributed by atoms with E-state index in [1.165, 1.54) is 31.2 Å². The SMILES string of the molecule is CCCNC(c1cnn(C)c1)C1CCCC1(C)C. The Hall–Kier alpha value is -0.830. The summed E-state index contributed by atoms with van der Waals surface area (Å²) in [6.45, 7) is 8.16. The predicted molar refractivity (Wildman–Crippen MR) is 75.4 cm³/mol. The van der Waals surface area contributed by atoms with Crippen LogP contribution in [0.5, 0.6) is 0 Å². The fourth-order valence-electron chi connectivity index (χ4n) is 3.36. The molecule has 2 rings (SSSR count). The van der Waals surface area contributed by atoms with E-state index >= 15 is 0 Å². The summed E-state index contributed by atoms with van der Waals surface area (Å²) >= 11 is 0. The van der Waals surface area contributed by atoms with Gasteiger partial charge in [0.05, 0.1) is 6.20 Å². The first-order valence-electron chi connectivity index (χ1n) is 7.26. The average molecular weight is 249 g/mol. The molecule has 2 atom stereocenters. The van der Waals surface area contributed by atoms with Crippen molar-refractivity contribution in [2.75, 3.05) is 6.54 Å². The van der Waals surface area contributed by atoms with Gasteiger partial charge in [-0.25, -0.2) is 0 Å². The molecule has 1 N–H and O–H groups in total. The predicted octanol–water partition coefficient (Wildman–Crippen LogP) is 3.29. The topological polar surface area (TPSA) is 29.9 Å². The average Bonchev–Trinajstić information content (AvgIpc) is 2.87. The maximum atomic E-state index is 4.34. The maximum Gasteiger partial charge on any atom is 0.0537 e. The summed E-state index contributed by atoms with van der Waals surface area (Å²) in [5, 5.41) is 8.08. The Morgan fingerprint density at radius 1 is 1.56 bits per heavy atom. The molecule has 0 spiro atoms. The van der Waals surface area contributed by atoms with Crippen LogP contribution in [0.15, 0.2) is 12.4 Å². The van der Waals surface area contributed by atoms with Crippen LogP contribution >= 0.6 is 0 Å². The summed E-state index contributed by atoms with van der Waals surface area (Å²) in [7, 11) is 2.00. The molecule has 1 saturated carbocycles. The molecule has 1 aromatic rings. The van der Waals surface area contributed by atoms with Gasteiger partial charge in [0.15, 0.2) is 0 Å². The Morgan fingerprint density at radius 2 is 2.33 bits per heavy atom. The van der Waals surface area contributed by atoms with E-state index in [1.54, 1.807) is 0 Å². The highest BCUT2D eigenvalue weighted by atomic mass is 15.2. The first-order valence-corrected chi connectivity index (χ1v) is 7.26. The van der Waals surface area contributed by atoms with Gasteiger partial charge in [-0.3, -0.25) is 4.68 Å². The van der Waals surface area contributed by atoms with Crippen molar-refractivity contribution in [1.29, 1.82) is 0 Å². The maximum absolute atomic E-state index is 4.34. The van der Waals surface area contributed by atoms with E-state index in [2.05, 4.69) is 37.4 Å². The highest BCUT2D eigenvalue weighted by Crippen LogP contribution is 2.48. The standard InChI is InChI=1S/C15H27N3/c1-5-9-16-14(12-10-17-18(4)11-12)13-7-6-8-15(13,2)3/h10-11,13-14,16H,5-9H2,1-4H3. The highest BCUT2D eigenvalue weighted by Gasteiger charge is 2.40. The first-order chi connectivity index (χ1) is 8.54. The number of aromatic nitrogens is 2. The monoisotopic (exact) mass is 249 g/mol. The zero-order chi connectivity index (χ0) is 13.2. The van der Waals surface area contributed by atoms with E-state index in [9.17, 15) is 0 Å². The molecule has 3 heteroatoms. The van der Waals surface area contributed by atoms with Crippen molar-refractivity contribution >= 4 is 0 Å². The second kappa shape index (κ2) is 5.43. The molecule has 0 bridgehead atoms. The quantitative estimate of drug-likeness (QED) is 0.868. The number of hydrogen-bond donors (Lipinski definition) is 1. The number of aryl methyl sites for hydroxylation is 1. The summed E-state index contributed by atoms with van der Waals surface area (Å²) in [5.41, 5.74) is 1.80. The molecule has 1 fully saturated rings. The van der Waals surface area contributed by atoms with Gasteiger partial charge in [0.1, 0.15) is 0 Å². The third-order valence-corrected chi connectivity index (χ3v) is 4.44. The van der Waals surface area contributed by atoms with Gasteiger partial charge >= 0.3 is 0 Å². The fourth-order valence-corrected chi connectivity index (χ4v) is 3.36. The molecule has 1 aliphatic rings. The van der Waals surface area contributed by atoms with E-state index in [0.717, 1.165) is 12.5 Å². The Kier molecular flexibility index (Phi) is 4.10. The van der Waals surface area contributed by atoms with Crippen molar-refractivity contribution < 1.29 is 0 Å². The first kappa shape index (κ1) is 13.6. The van der Waals surface area contributed by atoms with Gasteiger partial charge in [-0.15, -0.1) is 0 Å². The van der Waals surface area contributed by atoms with Crippen molar-refractivity contribution in [1.82, 2.24) is 15.1 Å². The van der Waals surface area contributed by atoms with Crippen LogP contribution < -0.4 is 5.32 Å². The number of rotatable bonds is 5. The smallest absolute Gasteiger partial charge is 0.0537 e. The van der Waals surface area contributed by atoms with Crippen LogP contribution in [0.1, 0.15) is 58.1 Å². The van der Waals surface area contributed by atoms with Gasteiger partial charge in [0.2, 0.25) is 0 Å². The summed E-state index contributed by atoms with van der Waals surface area (Å²) in [6, 6.07) is 0.469. The van der Waals surface area contributed by atoms with Gasteiger partial charge in [-0.1, -0.05) is 27.2 Å². The molecule has 1 aromatic heterocycles. The van der Waals surface area contributed by atoms with E-state index < -0.39 is 0 Å². The van der Waals surface area contributed by atoms with Gasteiger partial charge in [-0.05, 0) is 37.1 Å². The van der Waals surface area contributed by atoms with Crippen LogP contribution in [0.2, 0.25) is 0 Å². The van der Waals surface area contributed by atoms with Crippen LogP contribution in [-0.4, -0.2) is 16.3 Å². The molecule has 1 heterocycles. The van der Waals surface area contributed by atoms with Crippen LogP contribution in [0.4, 0.5) is 0 Å². The molecular weight excluding hydrogens is 222 g/mol. The molecule has 0 aliphatic heterocycles. The van der Waals surface area contributed by atoms with Crippen LogP contribution in [0.25, 0.3) is 0 Å². The second-order valence-electron chi connectivity index (χ2n) is 6.37. The lowest BCUT2D eigenvalue weighted by molar-refractivity contribution is 0.197. The fraction of sp³-hybridized carbons (Fsp3) is 0.800. The molecule has 0 radical (unpaired) electrons. The van der Waals surface area contributed by atoms with E-state index in [4.69, 9.17) is 0 Å². The third-order valence-electron chi connectivity index (χ3n) is 4.44. The Bertz CT molecular complexity index is 381. The third kappa shape index (κ3) is 2.77. The van der Waals surface area contributed by atoms with Gasteiger partial charge in [0.25, 0.3) is 0 Å². The van der Waals surface area contributed by atoms with Gasteiger partial charge < -0.3 is 5.32 Å². The van der Waals surface area contributed by atoms with Crippen molar-refractivity contribution in [2.24, 2.45) is 18.4 Å². The van der Waals surface area contributed by atoms with E-state index in [-0.39, 0.29) is 0 Å². The van der Waals surface area contributed by atoms with Crippen molar-refractivity contribution in [2.45, 2.75) is 52.5 Å².